The Bertz CT molecular complexity index is 646. The first-order chi connectivity index (χ1) is 10.5. The van der Waals surface area contributed by atoms with Gasteiger partial charge in [0.05, 0.1) is 10.7 Å². The minimum Gasteiger partial charge on any atom is -0.273 e. The van der Waals surface area contributed by atoms with E-state index in [1.54, 1.807) is 17.1 Å². The minimum absolute atomic E-state index is 0.0885. The largest absolute Gasteiger partial charge is 0.299 e. The van der Waals surface area contributed by atoms with Crippen molar-refractivity contribution in [3.8, 4) is 0 Å². The highest BCUT2D eigenvalue weighted by atomic mass is 79.9. The third-order valence-corrected chi connectivity index (χ3v) is 3.75. The smallest absolute Gasteiger partial charge is 0.273 e. The summed E-state index contributed by atoms with van der Waals surface area (Å²) in [5, 5.41) is 11.3. The molecule has 0 spiro atoms. The van der Waals surface area contributed by atoms with Crippen molar-refractivity contribution in [3.63, 3.8) is 0 Å². The average molecular weight is 395 g/mol. The van der Waals surface area contributed by atoms with E-state index in [4.69, 9.17) is 0 Å². The Morgan fingerprint density at radius 2 is 2.27 bits per heavy atom. The molecule has 1 amide bonds. The Kier molecular flexibility index (Phi) is 5.89. The zero-order valence-electron chi connectivity index (χ0n) is 11.5. The van der Waals surface area contributed by atoms with Gasteiger partial charge in [-0.15, -0.1) is 10.2 Å². The summed E-state index contributed by atoms with van der Waals surface area (Å²) in [6.45, 7) is 2.18. The Balaban J connectivity index is 2.02. The number of carbonyl (C=O) groups is 1. The summed E-state index contributed by atoms with van der Waals surface area (Å²) >= 11 is 4.47. The lowest BCUT2D eigenvalue weighted by Gasteiger charge is -2.10. The summed E-state index contributed by atoms with van der Waals surface area (Å²) in [4.78, 5) is 11.9. The highest BCUT2D eigenvalue weighted by Crippen LogP contribution is 2.21. The maximum atomic E-state index is 12.9. The molecule has 2 heterocycles. The summed E-state index contributed by atoms with van der Waals surface area (Å²) in [5.41, 5.74) is 2.40. The molecular formula is C11H13BrF2N6OS. The first kappa shape index (κ1) is 16.9. The van der Waals surface area contributed by atoms with Crippen LogP contribution in [0.15, 0.2) is 22.0 Å². The second kappa shape index (κ2) is 7.68. The predicted octanol–water partition coefficient (Wildman–Crippen LogP) is 2.45. The molecule has 0 aromatic carbocycles. The average Bonchev–Trinajstić information content (AvgIpc) is 3.04. The van der Waals surface area contributed by atoms with Gasteiger partial charge in [0.2, 0.25) is 16.9 Å². The molecule has 0 saturated carbocycles. The second-order valence-electron chi connectivity index (χ2n) is 4.12. The minimum atomic E-state index is -2.82. The third-order valence-electron chi connectivity index (χ3n) is 2.53. The van der Waals surface area contributed by atoms with Crippen LogP contribution in [0.4, 0.5) is 8.78 Å². The maximum Gasteiger partial charge on any atom is 0.299 e. The molecule has 0 atom stereocenters. The van der Waals surface area contributed by atoms with Gasteiger partial charge in [-0.3, -0.25) is 14.9 Å². The van der Waals surface area contributed by atoms with E-state index < -0.39 is 18.2 Å². The van der Waals surface area contributed by atoms with Gasteiger partial charge in [-0.05, 0) is 21.7 Å². The number of hydrogen-bond acceptors (Lipinski definition) is 5. The van der Waals surface area contributed by atoms with E-state index in [9.17, 15) is 13.6 Å². The van der Waals surface area contributed by atoms with E-state index in [1.807, 2.05) is 6.92 Å². The lowest BCUT2D eigenvalue weighted by Crippen LogP contribution is -2.26. The van der Waals surface area contributed by atoms with Gasteiger partial charge in [-0.2, -0.15) is 5.10 Å². The van der Waals surface area contributed by atoms with Gasteiger partial charge in [-0.1, -0.05) is 18.7 Å². The van der Waals surface area contributed by atoms with Crippen molar-refractivity contribution < 1.29 is 13.6 Å². The molecule has 0 aliphatic rings. The van der Waals surface area contributed by atoms with E-state index in [0.717, 1.165) is 9.15 Å². The second-order valence-corrected chi connectivity index (χ2v) is 6.26. The number of alkyl halides is 2. The van der Waals surface area contributed by atoms with E-state index in [-0.39, 0.29) is 11.6 Å². The maximum absolute atomic E-state index is 12.9. The molecule has 0 bridgehead atoms. The molecule has 11 heteroatoms. The van der Waals surface area contributed by atoms with Crippen molar-refractivity contribution in [1.29, 1.82) is 0 Å². The molecule has 7 nitrogen and oxygen atoms in total. The number of aromatic nitrogens is 5. The van der Waals surface area contributed by atoms with Crippen molar-refractivity contribution in [1.82, 2.24) is 24.7 Å². The summed E-state index contributed by atoms with van der Waals surface area (Å²) in [7, 11) is 0. The molecule has 0 fully saturated rings. The molecule has 0 aliphatic heterocycles. The highest BCUT2D eigenvalue weighted by molar-refractivity contribution is 9.10. The molecule has 2 rings (SSSR count). The van der Waals surface area contributed by atoms with E-state index in [2.05, 4.69) is 36.7 Å². The Labute approximate surface area is 137 Å². The van der Waals surface area contributed by atoms with Crippen LogP contribution in [0.5, 0.6) is 0 Å². The summed E-state index contributed by atoms with van der Waals surface area (Å²) < 4.78 is 29.1. The molecular weight excluding hydrogens is 382 g/mol. The molecule has 2 aromatic heterocycles. The summed E-state index contributed by atoms with van der Waals surface area (Å²) in [6, 6.07) is 0. The van der Waals surface area contributed by atoms with Gasteiger partial charge in [0.1, 0.15) is 0 Å². The van der Waals surface area contributed by atoms with Crippen molar-refractivity contribution in [2.75, 3.05) is 11.2 Å². The molecule has 120 valence electrons. The molecule has 0 radical (unpaired) electrons. The third kappa shape index (κ3) is 4.26. The number of halogens is 3. The van der Waals surface area contributed by atoms with Crippen LogP contribution >= 0.6 is 27.7 Å². The number of nitrogens with zero attached hydrogens (tertiary/aromatic N) is 5. The van der Waals surface area contributed by atoms with Gasteiger partial charge in [0.25, 0.3) is 6.43 Å². The number of nitrogens with one attached hydrogen (secondary N) is 1. The first-order valence-corrected chi connectivity index (χ1v) is 8.13. The Morgan fingerprint density at radius 3 is 2.86 bits per heavy atom. The van der Waals surface area contributed by atoms with Crippen LogP contribution in [-0.2, 0) is 11.3 Å². The lowest BCUT2D eigenvalue weighted by molar-refractivity contribution is -0.117. The topological polar surface area (TPSA) is 77.6 Å². The summed E-state index contributed by atoms with van der Waals surface area (Å²) in [5.74, 6) is -0.379. The fraction of sp³-hybridized carbons (Fsp3) is 0.455. The number of aryl methyl sites for hydroxylation is 1. The normalized spacial score (nSPS) is 11.1. The first-order valence-electron chi connectivity index (χ1n) is 6.35. The van der Waals surface area contributed by atoms with Crippen LogP contribution in [0, 0.1) is 0 Å². The predicted molar refractivity (Wildman–Crippen MR) is 80.3 cm³/mol. The van der Waals surface area contributed by atoms with Crippen molar-refractivity contribution >= 4 is 33.6 Å². The van der Waals surface area contributed by atoms with Crippen LogP contribution in [0.2, 0.25) is 0 Å². The lowest BCUT2D eigenvalue weighted by atomic mass is 10.4. The number of carbonyl (C=O) groups excluding carboxylic acids is 1. The van der Waals surface area contributed by atoms with Gasteiger partial charge < -0.3 is 0 Å². The zero-order chi connectivity index (χ0) is 16.1. The molecule has 1 N–H and O–H groups in total. The van der Waals surface area contributed by atoms with Crippen LogP contribution in [0.3, 0.4) is 0 Å². The van der Waals surface area contributed by atoms with Gasteiger partial charge >= 0.3 is 0 Å². The van der Waals surface area contributed by atoms with E-state index in [0.29, 0.717) is 12.3 Å². The quantitative estimate of drug-likeness (QED) is 0.729. The van der Waals surface area contributed by atoms with Gasteiger partial charge in [0.15, 0.2) is 0 Å². The summed E-state index contributed by atoms with van der Waals surface area (Å²) in [6.07, 6.45) is 0.587. The van der Waals surface area contributed by atoms with Crippen LogP contribution in [0.25, 0.3) is 0 Å². The monoisotopic (exact) mass is 394 g/mol. The van der Waals surface area contributed by atoms with Crippen LogP contribution in [-0.4, -0.2) is 36.3 Å². The van der Waals surface area contributed by atoms with E-state index in [1.165, 1.54) is 11.8 Å². The zero-order valence-corrected chi connectivity index (χ0v) is 13.9. The number of rotatable bonds is 7. The SMILES string of the molecule is CCSc1nnc(C(F)F)n1NC(=O)CCn1cc(Br)cn1. The standard InChI is InChI=1S/C11H13BrF2N6OS/c1-2-22-11-17-16-10(9(13)14)20(11)18-8(21)3-4-19-6-7(12)5-15-19/h5-6,9H,2-4H2,1H3,(H,18,21). The fourth-order valence-electron chi connectivity index (χ4n) is 1.61. The van der Waals surface area contributed by atoms with Gasteiger partial charge in [-0.25, -0.2) is 13.5 Å². The van der Waals surface area contributed by atoms with Crippen molar-refractivity contribution in [3.05, 3.63) is 22.7 Å². The molecule has 0 unspecified atom stereocenters. The van der Waals surface area contributed by atoms with Crippen LogP contribution < -0.4 is 5.43 Å². The molecule has 2 aromatic rings. The van der Waals surface area contributed by atoms with Gasteiger partial charge in [0, 0.05) is 19.2 Å². The fourth-order valence-corrected chi connectivity index (χ4v) is 2.56. The number of thioether (sulfide) groups is 1. The molecule has 0 aliphatic carbocycles. The highest BCUT2D eigenvalue weighted by Gasteiger charge is 2.21. The number of amides is 1. The Hall–Kier alpha value is -1.49. The van der Waals surface area contributed by atoms with E-state index >= 15 is 0 Å². The number of hydrogen-bond donors (Lipinski definition) is 1. The molecule has 0 saturated heterocycles. The molecule has 22 heavy (non-hydrogen) atoms. The van der Waals surface area contributed by atoms with Crippen molar-refractivity contribution in [2.24, 2.45) is 0 Å². The van der Waals surface area contributed by atoms with Crippen LogP contribution in [0.1, 0.15) is 25.6 Å². The Morgan fingerprint density at radius 1 is 1.50 bits per heavy atom. The van der Waals surface area contributed by atoms with Crippen molar-refractivity contribution in [2.45, 2.75) is 31.5 Å².